The maximum absolute atomic E-state index is 11.7. The molecule has 2 rings (SSSR count). The molecule has 0 aromatic carbocycles. The second kappa shape index (κ2) is 6.16. The largest absolute Gasteiger partial charge is 0.459 e. The van der Waals surface area contributed by atoms with Gasteiger partial charge in [0.2, 0.25) is 0 Å². The van der Waals surface area contributed by atoms with Crippen LogP contribution in [0.15, 0.2) is 28.3 Å². The maximum atomic E-state index is 11.7. The number of carbonyl (C=O) groups excluding carboxylic acids is 1. The van der Waals surface area contributed by atoms with E-state index < -0.39 is 5.97 Å². The van der Waals surface area contributed by atoms with Crippen LogP contribution >= 0.6 is 11.3 Å². The first-order valence-electron chi connectivity index (χ1n) is 5.70. The summed E-state index contributed by atoms with van der Waals surface area (Å²) in [5.74, 6) is -0.496. The first kappa shape index (κ1) is 13.3. The van der Waals surface area contributed by atoms with Crippen molar-refractivity contribution in [3.63, 3.8) is 0 Å². The number of ether oxygens (including phenoxy) is 1. The van der Waals surface area contributed by atoms with E-state index in [1.54, 1.807) is 18.3 Å². The van der Waals surface area contributed by atoms with Gasteiger partial charge >= 0.3 is 5.97 Å². The van der Waals surface area contributed by atoms with Gasteiger partial charge in [-0.25, -0.2) is 9.78 Å². The number of aryl methyl sites for hydroxylation is 1. The van der Waals surface area contributed by atoms with Crippen LogP contribution < -0.4 is 0 Å². The van der Waals surface area contributed by atoms with E-state index in [4.69, 9.17) is 14.4 Å². The van der Waals surface area contributed by atoms with Gasteiger partial charge in [-0.3, -0.25) is 0 Å². The standard InChI is InChI=1S/C13H12N2O3S/c1-9-12(15-8-18-9)13(16)17-7-10(6-14)5-11-3-2-4-19-11/h2-4,8,10H,5,7H2,1H3. The minimum Gasteiger partial charge on any atom is -0.459 e. The lowest BCUT2D eigenvalue weighted by atomic mass is 10.1. The number of rotatable bonds is 5. The number of hydrogen-bond acceptors (Lipinski definition) is 6. The summed E-state index contributed by atoms with van der Waals surface area (Å²) >= 11 is 1.58. The second-order valence-electron chi connectivity index (χ2n) is 3.97. The van der Waals surface area contributed by atoms with Gasteiger partial charge in [0.15, 0.2) is 12.1 Å². The number of oxazole rings is 1. The van der Waals surface area contributed by atoms with E-state index in [9.17, 15) is 4.79 Å². The third kappa shape index (κ3) is 3.42. The maximum Gasteiger partial charge on any atom is 0.360 e. The molecule has 2 aromatic rings. The molecule has 19 heavy (non-hydrogen) atoms. The van der Waals surface area contributed by atoms with Crippen LogP contribution in [0.1, 0.15) is 21.1 Å². The Morgan fingerprint density at radius 2 is 2.53 bits per heavy atom. The molecule has 0 radical (unpaired) electrons. The number of carbonyl (C=O) groups is 1. The van der Waals surface area contributed by atoms with Gasteiger partial charge < -0.3 is 9.15 Å². The molecule has 5 nitrogen and oxygen atoms in total. The van der Waals surface area contributed by atoms with Crippen LogP contribution in [0.3, 0.4) is 0 Å². The van der Waals surface area contributed by atoms with Crippen molar-refractivity contribution in [1.82, 2.24) is 4.98 Å². The SMILES string of the molecule is Cc1ocnc1C(=O)OCC(C#N)Cc1cccs1. The van der Waals surface area contributed by atoms with E-state index >= 15 is 0 Å². The predicted molar refractivity (Wildman–Crippen MR) is 68.6 cm³/mol. The Morgan fingerprint density at radius 3 is 3.11 bits per heavy atom. The number of hydrogen-bond donors (Lipinski definition) is 0. The van der Waals surface area contributed by atoms with Crippen LogP contribution in [0, 0.1) is 24.2 Å². The molecular weight excluding hydrogens is 264 g/mol. The highest BCUT2D eigenvalue weighted by Crippen LogP contribution is 2.15. The van der Waals surface area contributed by atoms with Crippen molar-refractivity contribution in [3.8, 4) is 6.07 Å². The van der Waals surface area contributed by atoms with Crippen molar-refractivity contribution in [2.45, 2.75) is 13.3 Å². The van der Waals surface area contributed by atoms with Crippen LogP contribution in [0.4, 0.5) is 0 Å². The summed E-state index contributed by atoms with van der Waals surface area (Å²) in [5, 5.41) is 11.0. The topological polar surface area (TPSA) is 76.1 Å². The summed E-state index contributed by atoms with van der Waals surface area (Å²) in [6.07, 6.45) is 1.78. The predicted octanol–water partition coefficient (Wildman–Crippen LogP) is 2.58. The fourth-order valence-corrected chi connectivity index (χ4v) is 2.35. The third-order valence-corrected chi connectivity index (χ3v) is 3.46. The molecule has 0 saturated heterocycles. The van der Waals surface area contributed by atoms with Crippen LogP contribution in [0.5, 0.6) is 0 Å². The minimum atomic E-state index is -0.558. The molecule has 1 atom stereocenters. The Bertz CT molecular complexity index is 583. The molecule has 6 heteroatoms. The van der Waals surface area contributed by atoms with Crippen molar-refractivity contribution in [1.29, 1.82) is 5.26 Å². The van der Waals surface area contributed by atoms with Gasteiger partial charge in [0, 0.05) is 11.3 Å². The van der Waals surface area contributed by atoms with E-state index in [1.165, 1.54) is 6.39 Å². The van der Waals surface area contributed by atoms with Gasteiger partial charge in [-0.05, 0) is 18.4 Å². The van der Waals surface area contributed by atoms with E-state index in [1.807, 2.05) is 17.5 Å². The summed E-state index contributed by atoms with van der Waals surface area (Å²) in [6.45, 7) is 1.69. The lowest BCUT2D eigenvalue weighted by Gasteiger charge is -2.08. The second-order valence-corrected chi connectivity index (χ2v) is 5.00. The zero-order valence-corrected chi connectivity index (χ0v) is 11.1. The number of nitriles is 1. The van der Waals surface area contributed by atoms with Crippen molar-refractivity contribution in [3.05, 3.63) is 40.2 Å². The Hall–Kier alpha value is -2.13. The van der Waals surface area contributed by atoms with Crippen LogP contribution in [0.2, 0.25) is 0 Å². The van der Waals surface area contributed by atoms with E-state index in [2.05, 4.69) is 11.1 Å². The molecule has 0 aliphatic heterocycles. The highest BCUT2D eigenvalue weighted by Gasteiger charge is 2.18. The molecule has 2 heterocycles. The summed E-state index contributed by atoms with van der Waals surface area (Å²) in [4.78, 5) is 16.6. The van der Waals surface area contributed by atoms with Gasteiger partial charge in [-0.2, -0.15) is 5.26 Å². The summed E-state index contributed by atoms with van der Waals surface area (Å²) in [5.41, 5.74) is 0.160. The quantitative estimate of drug-likeness (QED) is 0.784. The average Bonchev–Trinajstić information content (AvgIpc) is 3.05. The van der Waals surface area contributed by atoms with E-state index in [0.717, 1.165) is 4.88 Å². The molecule has 0 aliphatic carbocycles. The summed E-state index contributed by atoms with van der Waals surface area (Å²) < 4.78 is 10.0. The molecule has 0 fully saturated rings. The summed E-state index contributed by atoms with van der Waals surface area (Å²) in [7, 11) is 0. The lowest BCUT2D eigenvalue weighted by Crippen LogP contribution is -2.15. The Morgan fingerprint density at radius 1 is 1.68 bits per heavy atom. The van der Waals surface area contributed by atoms with E-state index in [0.29, 0.717) is 12.2 Å². The number of esters is 1. The van der Waals surface area contributed by atoms with Crippen LogP contribution in [-0.4, -0.2) is 17.6 Å². The molecular formula is C13H12N2O3S. The van der Waals surface area contributed by atoms with Crippen molar-refractivity contribution in [2.24, 2.45) is 5.92 Å². The van der Waals surface area contributed by atoms with E-state index in [-0.39, 0.29) is 18.2 Å². The Labute approximate surface area is 114 Å². The highest BCUT2D eigenvalue weighted by atomic mass is 32.1. The van der Waals surface area contributed by atoms with Gasteiger partial charge in [-0.15, -0.1) is 11.3 Å². The molecule has 1 unspecified atom stereocenters. The Kier molecular flexibility index (Phi) is 4.31. The molecule has 2 aromatic heterocycles. The molecule has 0 spiro atoms. The normalized spacial score (nSPS) is 11.8. The zero-order valence-electron chi connectivity index (χ0n) is 10.3. The molecule has 0 amide bonds. The van der Waals surface area contributed by atoms with Crippen LogP contribution in [-0.2, 0) is 11.2 Å². The van der Waals surface area contributed by atoms with Crippen molar-refractivity contribution in [2.75, 3.05) is 6.61 Å². The van der Waals surface area contributed by atoms with Gasteiger partial charge in [0.05, 0.1) is 12.0 Å². The average molecular weight is 276 g/mol. The lowest BCUT2D eigenvalue weighted by molar-refractivity contribution is 0.0460. The fraction of sp³-hybridized carbons (Fsp3) is 0.308. The molecule has 0 aliphatic rings. The fourth-order valence-electron chi connectivity index (χ4n) is 1.56. The highest BCUT2D eigenvalue weighted by molar-refractivity contribution is 7.09. The van der Waals surface area contributed by atoms with Crippen molar-refractivity contribution < 1.29 is 13.9 Å². The smallest absolute Gasteiger partial charge is 0.360 e. The first-order valence-corrected chi connectivity index (χ1v) is 6.58. The minimum absolute atomic E-state index is 0.0551. The number of nitrogens with zero attached hydrogens (tertiary/aromatic N) is 2. The molecule has 0 bridgehead atoms. The molecule has 0 N–H and O–H groups in total. The van der Waals surface area contributed by atoms with Crippen LogP contribution in [0.25, 0.3) is 0 Å². The first-order chi connectivity index (χ1) is 9.20. The zero-order chi connectivity index (χ0) is 13.7. The Balaban J connectivity index is 1.88. The van der Waals surface area contributed by atoms with Gasteiger partial charge in [0.25, 0.3) is 0 Å². The number of thiophene rings is 1. The van der Waals surface area contributed by atoms with Gasteiger partial charge in [0.1, 0.15) is 12.4 Å². The van der Waals surface area contributed by atoms with Gasteiger partial charge in [-0.1, -0.05) is 6.07 Å². The monoisotopic (exact) mass is 276 g/mol. The van der Waals surface area contributed by atoms with Crippen molar-refractivity contribution >= 4 is 17.3 Å². The molecule has 0 saturated carbocycles. The summed E-state index contributed by atoms with van der Waals surface area (Å²) in [6, 6.07) is 6.03. The number of aromatic nitrogens is 1. The third-order valence-electron chi connectivity index (χ3n) is 2.56. The molecule has 98 valence electrons.